The van der Waals surface area contributed by atoms with Gasteiger partial charge in [0.2, 0.25) is 0 Å². The number of aryl methyl sites for hydroxylation is 1. The van der Waals surface area contributed by atoms with Crippen LogP contribution < -0.4 is 14.4 Å². The number of amides is 1. The molecule has 1 unspecified atom stereocenters. The lowest BCUT2D eigenvalue weighted by Gasteiger charge is -2.22. The molecule has 4 rings (SSSR count). The molecule has 11 nitrogen and oxygen atoms in total. The van der Waals surface area contributed by atoms with E-state index in [9.17, 15) is 24.8 Å². The normalized spacial score (nSPS) is 17.1. The Labute approximate surface area is 192 Å². The summed E-state index contributed by atoms with van der Waals surface area (Å²) < 4.78 is 15.6. The molecule has 174 valence electrons. The summed E-state index contributed by atoms with van der Waals surface area (Å²) in [4.78, 5) is 37.8. The zero-order valence-corrected chi connectivity index (χ0v) is 18.3. The molecule has 2 heterocycles. The van der Waals surface area contributed by atoms with Crippen molar-refractivity contribution in [1.29, 1.82) is 0 Å². The number of carbonyl (C=O) groups is 2. The van der Waals surface area contributed by atoms with Crippen molar-refractivity contribution in [2.45, 2.75) is 13.0 Å². The molecule has 1 aromatic heterocycles. The molecular formula is C23H19N3O8. The fourth-order valence-corrected chi connectivity index (χ4v) is 3.77. The molecule has 0 radical (unpaired) electrons. The number of hydrogen-bond acceptors (Lipinski definition) is 9. The number of rotatable bonds is 6. The number of non-ortho nitro benzene ring substituents is 1. The molecule has 1 aliphatic rings. The molecule has 1 N–H and O–H groups in total. The summed E-state index contributed by atoms with van der Waals surface area (Å²) in [7, 11) is 2.88. The third kappa shape index (κ3) is 3.72. The largest absolute Gasteiger partial charge is 0.507 e. The highest BCUT2D eigenvalue weighted by Gasteiger charge is 2.48. The lowest BCUT2D eigenvalue weighted by atomic mass is 9.95. The number of aliphatic hydroxyl groups excluding tert-OH is 1. The van der Waals surface area contributed by atoms with Crippen LogP contribution in [0.5, 0.6) is 11.5 Å². The van der Waals surface area contributed by atoms with Gasteiger partial charge in [-0.1, -0.05) is 5.16 Å². The molecule has 1 saturated heterocycles. The lowest BCUT2D eigenvalue weighted by molar-refractivity contribution is -0.384. The monoisotopic (exact) mass is 465 g/mol. The average Bonchev–Trinajstić information content (AvgIpc) is 3.38. The Balaban J connectivity index is 1.92. The second-order valence-corrected chi connectivity index (χ2v) is 7.38. The highest BCUT2D eigenvalue weighted by atomic mass is 16.6. The van der Waals surface area contributed by atoms with Crippen LogP contribution in [-0.2, 0) is 9.59 Å². The zero-order valence-electron chi connectivity index (χ0n) is 18.3. The van der Waals surface area contributed by atoms with Gasteiger partial charge in [-0.3, -0.25) is 24.6 Å². The number of nitro benzene ring substituents is 1. The maximum Gasteiger partial charge on any atom is 0.301 e. The van der Waals surface area contributed by atoms with Gasteiger partial charge >= 0.3 is 5.91 Å². The molecule has 11 heteroatoms. The minimum absolute atomic E-state index is 0.0642. The smallest absolute Gasteiger partial charge is 0.301 e. The number of carbonyl (C=O) groups excluding carboxylic acids is 2. The van der Waals surface area contributed by atoms with Gasteiger partial charge in [0, 0.05) is 23.8 Å². The van der Waals surface area contributed by atoms with Gasteiger partial charge in [-0.2, -0.15) is 0 Å². The van der Waals surface area contributed by atoms with E-state index in [0.29, 0.717) is 22.8 Å². The van der Waals surface area contributed by atoms with E-state index in [0.717, 1.165) is 4.90 Å². The van der Waals surface area contributed by atoms with Gasteiger partial charge in [-0.25, -0.2) is 0 Å². The summed E-state index contributed by atoms with van der Waals surface area (Å²) in [5.41, 5.74) is 0.177. The predicted octanol–water partition coefficient (Wildman–Crippen LogP) is 3.53. The number of nitrogens with zero attached hydrogens (tertiary/aromatic N) is 3. The maximum absolute atomic E-state index is 13.1. The summed E-state index contributed by atoms with van der Waals surface area (Å²) >= 11 is 0. The number of ketones is 1. The Bertz CT molecular complexity index is 1330. The number of aromatic nitrogens is 1. The molecule has 3 aromatic rings. The van der Waals surface area contributed by atoms with Gasteiger partial charge in [0.05, 0.1) is 30.8 Å². The molecule has 2 aromatic carbocycles. The summed E-state index contributed by atoms with van der Waals surface area (Å²) in [6, 6.07) is 10.2. The van der Waals surface area contributed by atoms with Gasteiger partial charge < -0.3 is 19.1 Å². The molecule has 0 saturated carbocycles. The quantitative estimate of drug-likeness (QED) is 0.190. The van der Waals surface area contributed by atoms with Crippen LogP contribution in [0.2, 0.25) is 0 Å². The van der Waals surface area contributed by atoms with Gasteiger partial charge in [0.1, 0.15) is 11.5 Å². The lowest BCUT2D eigenvalue weighted by Crippen LogP contribution is -2.29. The molecule has 0 aliphatic carbocycles. The second-order valence-electron chi connectivity index (χ2n) is 7.38. The van der Waals surface area contributed by atoms with Crippen molar-refractivity contribution >= 4 is 29.0 Å². The zero-order chi connectivity index (χ0) is 24.6. The highest BCUT2D eigenvalue weighted by Crippen LogP contribution is 2.43. The Kier molecular flexibility index (Phi) is 5.76. The number of Topliss-reactive ketones (excluding diaryl/α,β-unsaturated/α-hetero) is 1. The topological polar surface area (TPSA) is 145 Å². The summed E-state index contributed by atoms with van der Waals surface area (Å²) in [6.07, 6.45) is 0. The second kappa shape index (κ2) is 8.70. The first-order chi connectivity index (χ1) is 16.3. The number of methoxy groups -OCH3 is 2. The van der Waals surface area contributed by atoms with Crippen LogP contribution in [0.4, 0.5) is 11.5 Å². The minimum Gasteiger partial charge on any atom is -0.507 e. The molecule has 1 aliphatic heterocycles. The van der Waals surface area contributed by atoms with Crippen LogP contribution in [0.25, 0.3) is 5.76 Å². The van der Waals surface area contributed by atoms with E-state index in [-0.39, 0.29) is 22.6 Å². The van der Waals surface area contributed by atoms with E-state index in [2.05, 4.69) is 5.16 Å². The molecule has 1 amide bonds. The number of benzene rings is 2. The maximum atomic E-state index is 13.1. The Morgan fingerprint density at radius 2 is 1.76 bits per heavy atom. The van der Waals surface area contributed by atoms with E-state index in [1.54, 1.807) is 13.0 Å². The third-order valence-electron chi connectivity index (χ3n) is 5.38. The fourth-order valence-electron chi connectivity index (χ4n) is 3.77. The van der Waals surface area contributed by atoms with Crippen LogP contribution in [0, 0.1) is 17.0 Å². The average molecular weight is 465 g/mol. The van der Waals surface area contributed by atoms with Crippen LogP contribution in [0.3, 0.4) is 0 Å². The van der Waals surface area contributed by atoms with E-state index < -0.39 is 28.4 Å². The first kappa shape index (κ1) is 22.5. The Morgan fingerprint density at radius 3 is 2.32 bits per heavy atom. The van der Waals surface area contributed by atoms with E-state index in [1.165, 1.54) is 56.7 Å². The number of ether oxygens (including phenoxy) is 2. The van der Waals surface area contributed by atoms with E-state index in [4.69, 9.17) is 14.0 Å². The highest BCUT2D eigenvalue weighted by molar-refractivity contribution is 6.51. The Hall–Kier alpha value is -4.67. The van der Waals surface area contributed by atoms with Crippen molar-refractivity contribution in [2.75, 3.05) is 19.1 Å². The third-order valence-corrected chi connectivity index (χ3v) is 5.38. The van der Waals surface area contributed by atoms with Crippen molar-refractivity contribution in [3.63, 3.8) is 0 Å². The standard InChI is InChI=1S/C23H19N3O8/c1-12-10-18(24-34-12)25-20(13-4-7-15(8-5-13)26(30)31)19(22(28)23(25)29)21(27)14-6-9-16(32-2)17(11-14)33-3/h4-11,20,27H,1-3H3/b21-19-. The number of anilines is 1. The molecular weight excluding hydrogens is 446 g/mol. The van der Waals surface area contributed by atoms with Crippen molar-refractivity contribution in [3.05, 3.63) is 81.1 Å². The van der Waals surface area contributed by atoms with Crippen LogP contribution in [-0.4, -0.2) is 41.1 Å². The summed E-state index contributed by atoms with van der Waals surface area (Å²) in [6.45, 7) is 1.62. The first-order valence-corrected chi connectivity index (χ1v) is 9.98. The summed E-state index contributed by atoms with van der Waals surface area (Å²) in [5.74, 6) is -1.15. The van der Waals surface area contributed by atoms with Gasteiger partial charge in [0.15, 0.2) is 17.3 Å². The number of nitro groups is 1. The van der Waals surface area contributed by atoms with Crippen LogP contribution in [0.1, 0.15) is 22.9 Å². The molecule has 34 heavy (non-hydrogen) atoms. The predicted molar refractivity (Wildman–Crippen MR) is 119 cm³/mol. The summed E-state index contributed by atoms with van der Waals surface area (Å²) in [5, 5.41) is 26.1. The van der Waals surface area contributed by atoms with Gasteiger partial charge in [-0.05, 0) is 42.8 Å². The van der Waals surface area contributed by atoms with Crippen molar-refractivity contribution < 1.29 is 33.6 Å². The van der Waals surface area contributed by atoms with E-state index in [1.807, 2.05) is 0 Å². The Morgan fingerprint density at radius 1 is 1.09 bits per heavy atom. The molecule has 0 bridgehead atoms. The fraction of sp³-hybridized carbons (Fsp3) is 0.174. The van der Waals surface area contributed by atoms with Crippen molar-refractivity contribution in [3.8, 4) is 11.5 Å². The first-order valence-electron chi connectivity index (χ1n) is 9.98. The van der Waals surface area contributed by atoms with E-state index >= 15 is 0 Å². The molecule has 0 spiro atoms. The minimum atomic E-state index is -1.11. The van der Waals surface area contributed by atoms with Gasteiger partial charge in [-0.15, -0.1) is 0 Å². The van der Waals surface area contributed by atoms with Crippen LogP contribution in [0.15, 0.2) is 58.6 Å². The number of aliphatic hydroxyl groups is 1. The molecule has 1 atom stereocenters. The van der Waals surface area contributed by atoms with Crippen LogP contribution >= 0.6 is 0 Å². The van der Waals surface area contributed by atoms with Gasteiger partial charge in [0.25, 0.3) is 11.5 Å². The van der Waals surface area contributed by atoms with Crippen molar-refractivity contribution in [2.24, 2.45) is 0 Å². The SMILES string of the molecule is COc1ccc(/C(O)=C2/C(=O)C(=O)N(c3cc(C)on3)C2c2ccc([N+](=O)[O-])cc2)cc1OC. The molecule has 1 fully saturated rings. The number of hydrogen-bond donors (Lipinski definition) is 1. The van der Waals surface area contributed by atoms with Crippen molar-refractivity contribution in [1.82, 2.24) is 5.16 Å².